The lowest BCUT2D eigenvalue weighted by molar-refractivity contribution is -0.192. The molecule has 0 aliphatic carbocycles. The summed E-state index contributed by atoms with van der Waals surface area (Å²) in [6.45, 7) is 1.39. The third-order valence-corrected chi connectivity index (χ3v) is 5.03. The maximum Gasteiger partial charge on any atom is 0.490 e. The molecule has 2 saturated heterocycles. The highest BCUT2D eigenvalue weighted by atomic mass is 19.4. The molecule has 2 aromatic rings. The summed E-state index contributed by atoms with van der Waals surface area (Å²) in [5, 5.41) is 16.7. The maximum atomic E-state index is 13.7. The molecule has 2 N–H and O–H groups in total. The van der Waals surface area contributed by atoms with Gasteiger partial charge in [0.15, 0.2) is 5.82 Å². The summed E-state index contributed by atoms with van der Waals surface area (Å²) in [4.78, 5) is 27.0. The van der Waals surface area contributed by atoms with E-state index in [4.69, 9.17) is 19.4 Å². The number of carbonyl (C=O) groups excluding carboxylic acids is 1. The van der Waals surface area contributed by atoms with E-state index in [-0.39, 0.29) is 23.6 Å². The van der Waals surface area contributed by atoms with Crippen molar-refractivity contribution in [2.24, 2.45) is 0 Å². The van der Waals surface area contributed by atoms with Gasteiger partial charge in [-0.15, -0.1) is 0 Å². The van der Waals surface area contributed by atoms with E-state index >= 15 is 0 Å². The molecule has 0 saturated carbocycles. The molecule has 3 heterocycles. The molecule has 1 spiro atoms. The number of carbonyl (C=O) groups is 2. The van der Waals surface area contributed by atoms with Gasteiger partial charge in [-0.25, -0.2) is 14.2 Å². The van der Waals surface area contributed by atoms with Gasteiger partial charge in [-0.2, -0.15) is 13.2 Å². The van der Waals surface area contributed by atoms with Crippen LogP contribution in [0, 0.1) is 5.82 Å². The highest BCUT2D eigenvalue weighted by Crippen LogP contribution is 2.36. The smallest absolute Gasteiger partial charge is 0.490 e. The molecule has 4 rings (SSSR count). The summed E-state index contributed by atoms with van der Waals surface area (Å²) in [5.41, 5.74) is -0.0141. The minimum absolute atomic E-state index is 0.00145. The minimum atomic E-state index is -5.08. The number of carboxylic acids is 1. The molecule has 1 amide bonds. The third kappa shape index (κ3) is 6.09. The fourth-order valence-electron chi connectivity index (χ4n) is 3.53. The molecule has 33 heavy (non-hydrogen) atoms. The Labute approximate surface area is 185 Å². The van der Waals surface area contributed by atoms with E-state index < -0.39 is 23.6 Å². The molecular formula is C21H20F4N2O6. The van der Waals surface area contributed by atoms with Crippen molar-refractivity contribution < 1.29 is 46.8 Å². The van der Waals surface area contributed by atoms with E-state index in [9.17, 15) is 27.5 Å². The lowest BCUT2D eigenvalue weighted by atomic mass is 9.84. The van der Waals surface area contributed by atoms with Crippen molar-refractivity contribution in [3.05, 3.63) is 54.0 Å². The Morgan fingerprint density at radius 2 is 1.91 bits per heavy atom. The number of hydrogen-bond acceptors (Lipinski definition) is 6. The number of carboxylic acid groups (broad SMARTS) is 1. The maximum absolute atomic E-state index is 13.7. The molecule has 0 bridgehead atoms. The largest absolute Gasteiger partial charge is 0.508 e. The molecule has 1 unspecified atom stereocenters. The number of aliphatic carboxylic acids is 1. The summed E-state index contributed by atoms with van der Waals surface area (Å²) < 4.78 is 57.1. The van der Waals surface area contributed by atoms with Crippen LogP contribution in [0.3, 0.4) is 0 Å². The minimum Gasteiger partial charge on any atom is -0.508 e. The second-order valence-corrected chi connectivity index (χ2v) is 7.57. The van der Waals surface area contributed by atoms with Crippen LogP contribution in [-0.4, -0.2) is 69.6 Å². The number of ether oxygens (including phenoxy) is 2. The number of phenolic OH excluding ortho intramolecular Hbond substituents is 1. The number of rotatable bonds is 3. The number of pyridine rings is 1. The standard InChI is InChI=1S/C19H19FN2O4.C2HF3O2/c20-16-5-2-7-21-17(16)26-15-6-8-25-19(10-15)11-22(12-19)18(24)13-3-1-4-14(23)9-13;3-2(4,5)1(6)7/h1-5,7,9,15,23H,6,8,10-12H2;(H,6,7). The number of phenols is 1. The van der Waals surface area contributed by atoms with E-state index in [1.165, 1.54) is 30.5 Å². The zero-order valence-electron chi connectivity index (χ0n) is 17.1. The highest BCUT2D eigenvalue weighted by molar-refractivity contribution is 5.95. The zero-order chi connectivity index (χ0) is 24.2. The Balaban J connectivity index is 0.000000383. The molecule has 1 atom stereocenters. The molecule has 8 nitrogen and oxygen atoms in total. The second-order valence-electron chi connectivity index (χ2n) is 7.57. The average molecular weight is 472 g/mol. The van der Waals surface area contributed by atoms with Crippen molar-refractivity contribution in [2.45, 2.75) is 30.7 Å². The van der Waals surface area contributed by atoms with Gasteiger partial charge < -0.3 is 24.6 Å². The van der Waals surface area contributed by atoms with E-state index in [1.54, 1.807) is 17.0 Å². The number of aromatic hydroxyl groups is 1. The van der Waals surface area contributed by atoms with Gasteiger partial charge in [-0.05, 0) is 30.3 Å². The van der Waals surface area contributed by atoms with Crippen LogP contribution in [0.4, 0.5) is 17.6 Å². The van der Waals surface area contributed by atoms with Gasteiger partial charge in [0.1, 0.15) is 17.5 Å². The lowest BCUT2D eigenvalue weighted by Gasteiger charge is -2.52. The van der Waals surface area contributed by atoms with Crippen molar-refractivity contribution in [1.82, 2.24) is 9.88 Å². The average Bonchev–Trinajstić information content (AvgIpc) is 2.73. The van der Waals surface area contributed by atoms with Crippen molar-refractivity contribution in [3.63, 3.8) is 0 Å². The Hall–Kier alpha value is -3.41. The van der Waals surface area contributed by atoms with Crippen molar-refractivity contribution in [2.75, 3.05) is 19.7 Å². The van der Waals surface area contributed by atoms with Gasteiger partial charge >= 0.3 is 12.1 Å². The summed E-state index contributed by atoms with van der Waals surface area (Å²) >= 11 is 0. The van der Waals surface area contributed by atoms with Gasteiger partial charge in [-0.1, -0.05) is 6.07 Å². The van der Waals surface area contributed by atoms with Gasteiger partial charge in [0, 0.05) is 24.6 Å². The van der Waals surface area contributed by atoms with Gasteiger partial charge in [0.05, 0.1) is 19.7 Å². The first kappa shape index (κ1) is 24.2. The highest BCUT2D eigenvalue weighted by Gasteiger charge is 2.50. The zero-order valence-corrected chi connectivity index (χ0v) is 17.1. The van der Waals surface area contributed by atoms with Crippen LogP contribution in [0.2, 0.25) is 0 Å². The molecule has 2 aliphatic rings. The first-order valence-corrected chi connectivity index (χ1v) is 9.79. The predicted octanol–water partition coefficient (Wildman–Crippen LogP) is 3.01. The quantitative estimate of drug-likeness (QED) is 0.661. The number of amides is 1. The van der Waals surface area contributed by atoms with Crippen LogP contribution < -0.4 is 4.74 Å². The van der Waals surface area contributed by atoms with E-state index in [2.05, 4.69) is 4.98 Å². The fourth-order valence-corrected chi connectivity index (χ4v) is 3.53. The molecule has 12 heteroatoms. The van der Waals surface area contributed by atoms with Crippen LogP contribution in [0.15, 0.2) is 42.6 Å². The van der Waals surface area contributed by atoms with Crippen LogP contribution in [0.1, 0.15) is 23.2 Å². The number of hydrogen-bond donors (Lipinski definition) is 2. The SMILES string of the molecule is O=C(O)C(F)(F)F.O=C(c1cccc(O)c1)N1CC2(CC(Oc3ncccc3F)CCO2)C1. The Morgan fingerprint density at radius 3 is 2.52 bits per heavy atom. The van der Waals surface area contributed by atoms with Crippen molar-refractivity contribution >= 4 is 11.9 Å². The Kier molecular flexibility index (Phi) is 7.06. The summed E-state index contributed by atoms with van der Waals surface area (Å²) in [5.74, 6) is -3.32. The van der Waals surface area contributed by atoms with Crippen LogP contribution in [0.25, 0.3) is 0 Å². The second kappa shape index (κ2) is 9.61. The number of alkyl halides is 3. The number of halogens is 4. The lowest BCUT2D eigenvalue weighted by Crippen LogP contribution is -2.67. The molecule has 2 aliphatic heterocycles. The van der Waals surface area contributed by atoms with Crippen molar-refractivity contribution in [1.29, 1.82) is 0 Å². The van der Waals surface area contributed by atoms with E-state index in [0.717, 1.165) is 0 Å². The number of aromatic nitrogens is 1. The fraction of sp³-hybridized carbons (Fsp3) is 0.381. The van der Waals surface area contributed by atoms with Gasteiger partial charge in [0.2, 0.25) is 0 Å². The molecule has 0 radical (unpaired) electrons. The monoisotopic (exact) mass is 472 g/mol. The third-order valence-electron chi connectivity index (χ3n) is 5.03. The topological polar surface area (TPSA) is 109 Å². The summed E-state index contributed by atoms with van der Waals surface area (Å²) in [6.07, 6.45) is -2.57. The van der Waals surface area contributed by atoms with Gasteiger partial charge in [0.25, 0.3) is 11.8 Å². The number of nitrogens with zero attached hydrogens (tertiary/aromatic N) is 2. The van der Waals surface area contributed by atoms with Crippen molar-refractivity contribution in [3.8, 4) is 11.6 Å². The molecule has 178 valence electrons. The molecule has 2 fully saturated rings. The van der Waals surface area contributed by atoms with Crippen LogP contribution >= 0.6 is 0 Å². The first-order valence-electron chi connectivity index (χ1n) is 9.79. The van der Waals surface area contributed by atoms with Crippen LogP contribution in [-0.2, 0) is 9.53 Å². The van der Waals surface area contributed by atoms with Crippen LogP contribution in [0.5, 0.6) is 11.6 Å². The number of benzene rings is 1. The molecule has 1 aromatic heterocycles. The number of likely N-dealkylation sites (tertiary alicyclic amines) is 1. The molecular weight excluding hydrogens is 452 g/mol. The Morgan fingerprint density at radius 1 is 1.21 bits per heavy atom. The normalized spacial score (nSPS) is 19.2. The first-order chi connectivity index (χ1) is 15.5. The van der Waals surface area contributed by atoms with Gasteiger partial charge in [-0.3, -0.25) is 4.79 Å². The predicted molar refractivity (Wildman–Crippen MR) is 104 cm³/mol. The summed E-state index contributed by atoms with van der Waals surface area (Å²) in [6, 6.07) is 9.12. The van der Waals surface area contributed by atoms with E-state index in [0.29, 0.717) is 38.1 Å². The Bertz CT molecular complexity index is 1010. The molecule has 1 aromatic carbocycles. The summed E-state index contributed by atoms with van der Waals surface area (Å²) in [7, 11) is 0. The van der Waals surface area contributed by atoms with E-state index in [1.807, 2.05) is 0 Å².